The highest BCUT2D eigenvalue weighted by Gasteiger charge is 2.07. The number of nitrogens with two attached hydrogens (primary N) is 1. The number of carbonyl (C=O) groups excluding carboxylic acids is 1. The van der Waals surface area contributed by atoms with Crippen molar-refractivity contribution >= 4 is 6.29 Å². The maximum Gasteiger partial charge on any atom is 0.216 e. The van der Waals surface area contributed by atoms with Gasteiger partial charge in [-0.25, -0.2) is 0 Å². The van der Waals surface area contributed by atoms with Crippen molar-refractivity contribution < 1.29 is 4.79 Å². The molecule has 0 aliphatic heterocycles. The summed E-state index contributed by atoms with van der Waals surface area (Å²) in [4.78, 5) is 10.4. The fourth-order valence-electron chi connectivity index (χ4n) is 1.07. The predicted octanol–water partition coefficient (Wildman–Crippen LogP) is 0.592. The predicted molar refractivity (Wildman–Crippen MR) is 50.7 cm³/mol. The first kappa shape index (κ1) is 11.6. The molecule has 0 heterocycles. The third-order valence-electron chi connectivity index (χ3n) is 1.62. The molecule has 0 amide bonds. The van der Waals surface area contributed by atoms with Crippen LogP contribution in [0, 0.1) is 0 Å². The summed E-state index contributed by atoms with van der Waals surface area (Å²) in [5.41, 5.74) is 5.34. The Kier molecular flexibility index (Phi) is 7.00. The number of nitrogens with one attached hydrogen (secondary N) is 1. The lowest BCUT2D eigenvalue weighted by atomic mass is 10.1. The Hall–Kier alpha value is -0.410. The number of hydrogen-bond acceptors (Lipinski definition) is 3. The molecule has 0 saturated heterocycles. The first-order valence-corrected chi connectivity index (χ1v) is 4.54. The lowest BCUT2D eigenvalue weighted by Crippen LogP contribution is -2.35. The minimum Gasteiger partial charge on any atom is -0.330 e. The van der Waals surface area contributed by atoms with Crippen molar-refractivity contribution in [2.45, 2.75) is 45.2 Å². The van der Waals surface area contributed by atoms with Gasteiger partial charge in [0.2, 0.25) is 6.29 Å². The van der Waals surface area contributed by atoms with E-state index < -0.39 is 0 Å². The van der Waals surface area contributed by atoms with Crippen molar-refractivity contribution in [2.75, 3.05) is 6.54 Å². The second kappa shape index (κ2) is 7.25. The zero-order valence-corrected chi connectivity index (χ0v) is 7.97. The van der Waals surface area contributed by atoms with E-state index in [0.717, 1.165) is 19.3 Å². The topological polar surface area (TPSA) is 55.1 Å². The molecule has 0 spiro atoms. The van der Waals surface area contributed by atoms with Crippen molar-refractivity contribution in [3.05, 3.63) is 0 Å². The molecule has 0 unspecified atom stereocenters. The molecule has 12 heavy (non-hydrogen) atoms. The van der Waals surface area contributed by atoms with Crippen LogP contribution in [0.5, 0.6) is 0 Å². The van der Waals surface area contributed by atoms with Gasteiger partial charge in [-0.15, -0.1) is 0 Å². The van der Waals surface area contributed by atoms with Crippen molar-refractivity contribution in [3.8, 4) is 0 Å². The molecule has 0 aromatic rings. The van der Waals surface area contributed by atoms with Gasteiger partial charge >= 0.3 is 0 Å². The van der Waals surface area contributed by atoms with Gasteiger partial charge in [0.05, 0.1) is 6.04 Å². The molecule has 0 aromatic carbocycles. The molecule has 0 saturated carbocycles. The second-order valence-corrected chi connectivity index (χ2v) is 3.28. The van der Waals surface area contributed by atoms with E-state index in [0.29, 0.717) is 12.6 Å². The van der Waals surface area contributed by atoms with E-state index in [9.17, 15) is 4.79 Å². The summed E-state index contributed by atoms with van der Waals surface area (Å²) in [6, 6.07) is 0.228. The van der Waals surface area contributed by atoms with E-state index in [1.807, 2.05) is 20.1 Å². The molecular weight excluding hydrogens is 152 g/mol. The van der Waals surface area contributed by atoms with Crippen LogP contribution in [0.25, 0.3) is 0 Å². The summed E-state index contributed by atoms with van der Waals surface area (Å²) < 4.78 is 0. The van der Waals surface area contributed by atoms with E-state index in [1.165, 1.54) is 0 Å². The Labute approximate surface area is 74.7 Å². The van der Waals surface area contributed by atoms with Crippen LogP contribution in [-0.4, -0.2) is 24.9 Å². The fraction of sp³-hybridized carbons (Fsp3) is 0.889. The zero-order valence-electron chi connectivity index (χ0n) is 7.97. The van der Waals surface area contributed by atoms with Crippen LogP contribution in [0.15, 0.2) is 0 Å². The Morgan fingerprint density at radius 3 is 2.50 bits per heavy atom. The van der Waals surface area contributed by atoms with Gasteiger partial charge in [-0.3, -0.25) is 4.79 Å². The first-order valence-electron chi connectivity index (χ1n) is 4.54. The lowest BCUT2D eigenvalue weighted by Gasteiger charge is -2.14. The number of unbranched alkanes of at least 4 members (excludes halogenated alkanes) is 1. The summed E-state index contributed by atoms with van der Waals surface area (Å²) in [5, 5.41) is 3.12. The quantitative estimate of drug-likeness (QED) is 0.551. The molecule has 0 aromatic heterocycles. The maximum absolute atomic E-state index is 10.4. The zero-order chi connectivity index (χ0) is 9.40. The highest BCUT2D eigenvalue weighted by atomic mass is 16.1. The minimum atomic E-state index is -0.114. The molecule has 0 bridgehead atoms. The summed E-state index contributed by atoms with van der Waals surface area (Å²) in [6.45, 7) is 4.74. The monoisotopic (exact) mass is 171 g/mol. The van der Waals surface area contributed by atoms with Crippen LogP contribution in [0.1, 0.15) is 33.1 Å². The number of rotatable bonds is 7. The number of hydrogen-bond donors (Lipinski definition) is 2. The van der Waals surface area contributed by atoms with Gasteiger partial charge in [0.1, 0.15) is 0 Å². The molecular formula is C9H19N2O. The molecule has 1 radical (unpaired) electrons. The van der Waals surface area contributed by atoms with Crippen LogP contribution in [0.4, 0.5) is 0 Å². The van der Waals surface area contributed by atoms with Crippen LogP contribution >= 0.6 is 0 Å². The minimum absolute atomic E-state index is 0.114. The molecule has 0 fully saturated rings. The van der Waals surface area contributed by atoms with E-state index in [1.54, 1.807) is 0 Å². The molecule has 3 nitrogen and oxygen atoms in total. The Bertz CT molecular complexity index is 115. The Morgan fingerprint density at radius 1 is 1.42 bits per heavy atom. The van der Waals surface area contributed by atoms with Gasteiger partial charge in [0.25, 0.3) is 0 Å². The van der Waals surface area contributed by atoms with Gasteiger partial charge in [-0.2, -0.15) is 0 Å². The van der Waals surface area contributed by atoms with Crippen molar-refractivity contribution in [1.82, 2.24) is 5.32 Å². The summed E-state index contributed by atoms with van der Waals surface area (Å²) in [7, 11) is 0. The van der Waals surface area contributed by atoms with E-state index in [4.69, 9.17) is 5.73 Å². The smallest absolute Gasteiger partial charge is 0.216 e. The lowest BCUT2D eigenvalue weighted by molar-refractivity contribution is 0.463. The standard InChI is InChI=1S/C9H19N2O/c1-8(2)11-9(7-12)5-3-4-6-10/h8-9,11H,3-6,10H2,1-2H3/t9-/m0/s1. The van der Waals surface area contributed by atoms with Gasteiger partial charge < -0.3 is 11.1 Å². The van der Waals surface area contributed by atoms with Gasteiger partial charge in [-0.05, 0) is 19.4 Å². The Balaban J connectivity index is 3.46. The van der Waals surface area contributed by atoms with Crippen molar-refractivity contribution in [1.29, 1.82) is 0 Å². The van der Waals surface area contributed by atoms with Crippen molar-refractivity contribution in [2.24, 2.45) is 5.73 Å². The molecule has 0 aliphatic carbocycles. The van der Waals surface area contributed by atoms with Crippen LogP contribution in [-0.2, 0) is 4.79 Å². The summed E-state index contributed by atoms with van der Waals surface area (Å²) in [6.07, 6.45) is 4.82. The van der Waals surface area contributed by atoms with E-state index in [-0.39, 0.29) is 6.04 Å². The molecule has 3 heteroatoms. The SMILES string of the molecule is CC(C)N[C@H]([C]=O)CCCCN. The molecule has 71 valence electrons. The molecule has 0 aliphatic rings. The normalized spacial score (nSPS) is 13.3. The average molecular weight is 171 g/mol. The molecule has 1 atom stereocenters. The van der Waals surface area contributed by atoms with Crippen LogP contribution in [0.3, 0.4) is 0 Å². The third-order valence-corrected chi connectivity index (χ3v) is 1.62. The molecule has 0 rings (SSSR count). The summed E-state index contributed by atoms with van der Waals surface area (Å²) >= 11 is 0. The van der Waals surface area contributed by atoms with E-state index >= 15 is 0 Å². The molecule has 3 N–H and O–H groups in total. The first-order chi connectivity index (χ1) is 5.70. The van der Waals surface area contributed by atoms with Gasteiger partial charge in [0.15, 0.2) is 0 Å². The van der Waals surface area contributed by atoms with Crippen LogP contribution in [0.2, 0.25) is 0 Å². The Morgan fingerprint density at radius 2 is 2.08 bits per heavy atom. The second-order valence-electron chi connectivity index (χ2n) is 3.28. The third kappa shape index (κ3) is 6.31. The van der Waals surface area contributed by atoms with Crippen LogP contribution < -0.4 is 11.1 Å². The maximum atomic E-state index is 10.4. The average Bonchev–Trinajstić information content (AvgIpc) is 2.02. The highest BCUT2D eigenvalue weighted by Crippen LogP contribution is 1.98. The largest absolute Gasteiger partial charge is 0.330 e. The highest BCUT2D eigenvalue weighted by molar-refractivity contribution is 5.58. The van der Waals surface area contributed by atoms with Crippen molar-refractivity contribution in [3.63, 3.8) is 0 Å². The van der Waals surface area contributed by atoms with E-state index in [2.05, 4.69) is 5.32 Å². The fourth-order valence-corrected chi connectivity index (χ4v) is 1.07. The van der Waals surface area contributed by atoms with Gasteiger partial charge in [0, 0.05) is 6.04 Å². The summed E-state index contributed by atoms with van der Waals surface area (Å²) in [5.74, 6) is 0. The van der Waals surface area contributed by atoms with Gasteiger partial charge in [-0.1, -0.05) is 20.3 Å².